The SMILES string of the molecule is CCC[CH2][Sn]([CH2]CCC)[CH2]CCC.[OH]. The van der Waals surface area contributed by atoms with Gasteiger partial charge in [-0.25, -0.2) is 0 Å². The second kappa shape index (κ2) is 13.8. The molecule has 0 unspecified atom stereocenters. The smallest absolute Gasteiger partial charge is 0.255 e. The Balaban J connectivity index is 0. The van der Waals surface area contributed by atoms with E-state index in [0.29, 0.717) is 0 Å². The van der Waals surface area contributed by atoms with Crippen LogP contribution in [-0.2, 0) is 0 Å². The molecule has 0 aliphatic carbocycles. The summed E-state index contributed by atoms with van der Waals surface area (Å²) in [6.45, 7) is 7.00. The van der Waals surface area contributed by atoms with Crippen molar-refractivity contribution in [2.75, 3.05) is 0 Å². The van der Waals surface area contributed by atoms with E-state index in [9.17, 15) is 0 Å². The molecule has 1 N–H and O–H groups in total. The minimum Gasteiger partial charge on any atom is -0.255 e. The summed E-state index contributed by atoms with van der Waals surface area (Å²) < 4.78 is 5.04. The molecule has 0 saturated carbocycles. The van der Waals surface area contributed by atoms with Crippen LogP contribution in [0.3, 0.4) is 0 Å². The maximum atomic E-state index is 2.33. The van der Waals surface area contributed by atoms with Gasteiger partial charge < -0.3 is 0 Å². The van der Waals surface area contributed by atoms with E-state index in [-0.39, 0.29) is 5.48 Å². The van der Waals surface area contributed by atoms with E-state index in [1.54, 1.807) is 13.3 Å². The van der Waals surface area contributed by atoms with E-state index >= 15 is 0 Å². The second-order valence-corrected chi connectivity index (χ2v) is 12.6. The quantitative estimate of drug-likeness (QED) is 0.598. The predicted molar refractivity (Wildman–Crippen MR) is 66.8 cm³/mol. The van der Waals surface area contributed by atoms with E-state index in [0.717, 1.165) is 0 Å². The van der Waals surface area contributed by atoms with Gasteiger partial charge >= 0.3 is 92.4 Å². The summed E-state index contributed by atoms with van der Waals surface area (Å²) in [4.78, 5) is 0. The zero-order valence-electron chi connectivity index (χ0n) is 10.3. The standard InChI is InChI=1S/3C4H9.HO.Sn/c3*1-3-4-2;;/h3*1,3-4H2,2H3;1H;. The van der Waals surface area contributed by atoms with Gasteiger partial charge in [0.2, 0.25) is 0 Å². The zero-order chi connectivity index (χ0) is 9.94. The zero-order valence-corrected chi connectivity index (χ0v) is 13.2. The summed E-state index contributed by atoms with van der Waals surface area (Å²) in [5.41, 5.74) is 0. The van der Waals surface area contributed by atoms with Crippen molar-refractivity contribution < 1.29 is 5.48 Å². The Bertz CT molecular complexity index is 77.3. The Labute approximate surface area is 97.7 Å². The Hall–Kier alpha value is 0.759. The molecular formula is C12H28OSn. The molecule has 0 aromatic carbocycles. The van der Waals surface area contributed by atoms with Gasteiger partial charge in [0.25, 0.3) is 0 Å². The number of unbranched alkanes of at least 4 members (excludes halogenated alkanes) is 3. The maximum absolute atomic E-state index is 2.33. The molecule has 0 saturated heterocycles. The normalized spacial score (nSPS) is 10.3. The average Bonchev–Trinajstić information content (AvgIpc) is 2.17. The van der Waals surface area contributed by atoms with Gasteiger partial charge in [0, 0.05) is 0 Å². The fraction of sp³-hybridized carbons (Fsp3) is 1.00. The van der Waals surface area contributed by atoms with E-state index in [1.807, 2.05) is 0 Å². The molecule has 1 nitrogen and oxygen atoms in total. The monoisotopic (exact) mass is 308 g/mol. The summed E-state index contributed by atoms with van der Waals surface area (Å²) >= 11 is -0.839. The second-order valence-electron chi connectivity index (χ2n) is 4.06. The van der Waals surface area contributed by atoms with Crippen LogP contribution in [0.5, 0.6) is 0 Å². The Morgan fingerprint density at radius 1 is 0.643 bits per heavy atom. The van der Waals surface area contributed by atoms with Crippen molar-refractivity contribution in [3.05, 3.63) is 0 Å². The molecule has 0 aromatic heterocycles. The third kappa shape index (κ3) is 10.8. The van der Waals surface area contributed by atoms with Crippen LogP contribution in [-0.4, -0.2) is 25.2 Å². The van der Waals surface area contributed by atoms with Crippen molar-refractivity contribution in [2.45, 2.75) is 72.6 Å². The minimum absolute atomic E-state index is 0. The van der Waals surface area contributed by atoms with Crippen LogP contribution in [0.2, 0.25) is 13.3 Å². The molecule has 0 bridgehead atoms. The molecule has 0 aliphatic heterocycles. The fourth-order valence-corrected chi connectivity index (χ4v) is 11.1. The molecule has 0 rings (SSSR count). The molecule has 0 amide bonds. The van der Waals surface area contributed by atoms with Gasteiger partial charge in [-0.3, -0.25) is 5.48 Å². The molecule has 0 fully saturated rings. The van der Waals surface area contributed by atoms with E-state index in [1.165, 1.54) is 38.5 Å². The summed E-state index contributed by atoms with van der Waals surface area (Å²) in [6.07, 6.45) is 8.85. The molecule has 0 heterocycles. The van der Waals surface area contributed by atoms with Crippen LogP contribution in [0.4, 0.5) is 0 Å². The Morgan fingerprint density at radius 3 is 1.14 bits per heavy atom. The molecule has 2 radical (unpaired) electrons. The van der Waals surface area contributed by atoms with Crippen LogP contribution in [0.25, 0.3) is 0 Å². The molecule has 0 aromatic rings. The minimum atomic E-state index is -0.839. The van der Waals surface area contributed by atoms with Gasteiger partial charge in [0.15, 0.2) is 0 Å². The molecular weight excluding hydrogens is 279 g/mol. The molecule has 0 spiro atoms. The van der Waals surface area contributed by atoms with Gasteiger partial charge in [0.05, 0.1) is 0 Å². The first-order valence-electron chi connectivity index (χ1n) is 6.18. The summed E-state index contributed by atoms with van der Waals surface area (Å²) in [7, 11) is 0. The van der Waals surface area contributed by atoms with Crippen molar-refractivity contribution >= 4 is 19.8 Å². The van der Waals surface area contributed by atoms with Crippen LogP contribution in [0.15, 0.2) is 0 Å². The molecule has 14 heavy (non-hydrogen) atoms. The largest absolute Gasteiger partial charge is 0.255 e. The van der Waals surface area contributed by atoms with Crippen LogP contribution in [0.1, 0.15) is 59.3 Å². The van der Waals surface area contributed by atoms with Crippen LogP contribution < -0.4 is 0 Å². The summed E-state index contributed by atoms with van der Waals surface area (Å²) in [5, 5.41) is 0. The molecule has 0 atom stereocenters. The summed E-state index contributed by atoms with van der Waals surface area (Å²) in [5.74, 6) is 0. The van der Waals surface area contributed by atoms with Crippen molar-refractivity contribution in [1.82, 2.24) is 0 Å². The molecule has 0 aliphatic rings. The van der Waals surface area contributed by atoms with Gasteiger partial charge in [-0.1, -0.05) is 0 Å². The van der Waals surface area contributed by atoms with Gasteiger partial charge in [-0.15, -0.1) is 0 Å². The fourth-order valence-electron chi connectivity index (χ4n) is 1.66. The molecule has 86 valence electrons. The number of rotatable bonds is 9. The van der Waals surface area contributed by atoms with Gasteiger partial charge in [-0.05, 0) is 0 Å². The Kier molecular flexibility index (Phi) is 16.9. The topological polar surface area (TPSA) is 30.0 Å². The van der Waals surface area contributed by atoms with Crippen LogP contribution >= 0.6 is 0 Å². The maximum Gasteiger partial charge on any atom is -0.255 e. The van der Waals surface area contributed by atoms with Gasteiger partial charge in [0.1, 0.15) is 0 Å². The van der Waals surface area contributed by atoms with E-state index in [2.05, 4.69) is 20.8 Å². The number of hydrogen-bond acceptors (Lipinski definition) is 0. The first-order chi connectivity index (χ1) is 6.35. The van der Waals surface area contributed by atoms with Crippen molar-refractivity contribution in [2.24, 2.45) is 0 Å². The van der Waals surface area contributed by atoms with Crippen molar-refractivity contribution in [3.63, 3.8) is 0 Å². The van der Waals surface area contributed by atoms with Gasteiger partial charge in [-0.2, -0.15) is 0 Å². The Morgan fingerprint density at radius 2 is 0.929 bits per heavy atom. The van der Waals surface area contributed by atoms with Crippen molar-refractivity contribution in [1.29, 1.82) is 0 Å². The first kappa shape index (κ1) is 17.2. The van der Waals surface area contributed by atoms with Crippen LogP contribution in [0, 0.1) is 0 Å². The van der Waals surface area contributed by atoms with E-state index in [4.69, 9.17) is 0 Å². The first-order valence-corrected chi connectivity index (χ1v) is 12.2. The number of hydrogen-bond donors (Lipinski definition) is 1. The summed E-state index contributed by atoms with van der Waals surface area (Å²) in [6, 6.07) is 0. The molecule has 2 heteroatoms. The van der Waals surface area contributed by atoms with Crippen molar-refractivity contribution in [3.8, 4) is 0 Å². The average molecular weight is 307 g/mol. The third-order valence-electron chi connectivity index (χ3n) is 2.65. The third-order valence-corrected chi connectivity index (χ3v) is 11.7. The van der Waals surface area contributed by atoms with E-state index < -0.39 is 19.8 Å². The predicted octanol–water partition coefficient (Wildman–Crippen LogP) is 4.70.